The van der Waals surface area contributed by atoms with Crippen LogP contribution >= 0.6 is 0 Å². The van der Waals surface area contributed by atoms with Gasteiger partial charge in [-0.15, -0.1) is 0 Å². The monoisotopic (exact) mass is 226 g/mol. The van der Waals surface area contributed by atoms with E-state index in [2.05, 4.69) is 0 Å². The van der Waals surface area contributed by atoms with Crippen LogP contribution in [0.5, 0.6) is 0 Å². The van der Waals surface area contributed by atoms with Gasteiger partial charge in [-0.3, -0.25) is 4.79 Å². The van der Waals surface area contributed by atoms with E-state index in [1.165, 1.54) is 12.1 Å². The molecule has 1 aromatic rings. The summed E-state index contributed by atoms with van der Waals surface area (Å²) in [6.07, 6.45) is 1.62. The van der Waals surface area contributed by atoms with E-state index in [1.807, 2.05) is 6.92 Å². The number of ketones is 1. The Labute approximate surface area is 94.5 Å². The predicted octanol–water partition coefficient (Wildman–Crippen LogP) is 3.58. The molecule has 88 valence electrons. The lowest BCUT2D eigenvalue weighted by atomic mass is 10.0. The van der Waals surface area contributed by atoms with Crippen molar-refractivity contribution in [1.82, 2.24) is 0 Å². The highest BCUT2D eigenvalue weighted by Gasteiger charge is 2.12. The number of carbonyl (C=O) groups excluding carboxylic acids is 1. The van der Waals surface area contributed by atoms with Gasteiger partial charge in [0.1, 0.15) is 17.4 Å². The molecule has 0 saturated heterocycles. The predicted molar refractivity (Wildman–Crippen MR) is 59.3 cm³/mol. The van der Waals surface area contributed by atoms with Crippen molar-refractivity contribution >= 4 is 5.78 Å². The van der Waals surface area contributed by atoms with Crippen LogP contribution in [-0.4, -0.2) is 5.78 Å². The third-order valence-corrected chi connectivity index (χ3v) is 2.56. The van der Waals surface area contributed by atoms with Crippen LogP contribution in [0.3, 0.4) is 0 Å². The minimum absolute atomic E-state index is 0.0319. The standard InChI is InChI=1S/C13H16F2O/c1-3-4-10(16)6-7-11-12(14)8-5-9(2)13(11)15/h5,8H,3-4,6-7H2,1-2H3. The molecule has 0 unspecified atom stereocenters. The number of hydrogen-bond donors (Lipinski definition) is 0. The first-order valence-corrected chi connectivity index (χ1v) is 5.51. The second-order valence-corrected chi connectivity index (χ2v) is 3.95. The van der Waals surface area contributed by atoms with E-state index in [9.17, 15) is 13.6 Å². The van der Waals surface area contributed by atoms with Crippen LogP contribution in [0.1, 0.15) is 37.3 Å². The van der Waals surface area contributed by atoms with Crippen molar-refractivity contribution in [2.24, 2.45) is 0 Å². The highest BCUT2D eigenvalue weighted by Crippen LogP contribution is 2.18. The summed E-state index contributed by atoms with van der Waals surface area (Å²) in [5.41, 5.74) is 0.448. The molecule has 0 atom stereocenters. The van der Waals surface area contributed by atoms with E-state index in [0.29, 0.717) is 12.0 Å². The van der Waals surface area contributed by atoms with Gasteiger partial charge in [-0.25, -0.2) is 8.78 Å². The van der Waals surface area contributed by atoms with Gasteiger partial charge in [-0.05, 0) is 31.4 Å². The van der Waals surface area contributed by atoms with Gasteiger partial charge in [0, 0.05) is 18.4 Å². The molecule has 0 aliphatic rings. The molecule has 0 bridgehead atoms. The molecule has 0 spiro atoms. The van der Waals surface area contributed by atoms with Crippen molar-refractivity contribution in [2.45, 2.75) is 39.5 Å². The van der Waals surface area contributed by atoms with Crippen molar-refractivity contribution in [1.29, 1.82) is 0 Å². The number of Topliss-reactive ketones (excluding diaryl/α,β-unsaturated/α-hetero) is 1. The fourth-order valence-electron chi connectivity index (χ4n) is 1.61. The fraction of sp³-hybridized carbons (Fsp3) is 0.462. The van der Waals surface area contributed by atoms with Crippen LogP contribution in [-0.2, 0) is 11.2 Å². The van der Waals surface area contributed by atoms with E-state index in [-0.39, 0.29) is 24.2 Å². The van der Waals surface area contributed by atoms with Crippen LogP contribution in [0.4, 0.5) is 8.78 Å². The zero-order chi connectivity index (χ0) is 12.1. The number of rotatable bonds is 5. The van der Waals surface area contributed by atoms with Gasteiger partial charge < -0.3 is 0 Å². The molecule has 0 fully saturated rings. The molecule has 0 aromatic heterocycles. The first-order valence-electron chi connectivity index (χ1n) is 5.51. The van der Waals surface area contributed by atoms with Gasteiger partial charge in [0.15, 0.2) is 0 Å². The number of carbonyl (C=O) groups is 1. The summed E-state index contributed by atoms with van der Waals surface area (Å²) in [5.74, 6) is -1.03. The molecule has 0 aliphatic heterocycles. The average molecular weight is 226 g/mol. The minimum Gasteiger partial charge on any atom is -0.300 e. The van der Waals surface area contributed by atoms with Crippen molar-refractivity contribution in [3.05, 3.63) is 34.9 Å². The molecule has 1 aromatic carbocycles. The Bertz CT molecular complexity index is 386. The molecule has 0 radical (unpaired) electrons. The molecule has 3 heteroatoms. The quantitative estimate of drug-likeness (QED) is 0.750. The second-order valence-electron chi connectivity index (χ2n) is 3.95. The smallest absolute Gasteiger partial charge is 0.133 e. The lowest BCUT2D eigenvalue weighted by molar-refractivity contribution is -0.119. The topological polar surface area (TPSA) is 17.1 Å². The zero-order valence-corrected chi connectivity index (χ0v) is 9.65. The van der Waals surface area contributed by atoms with Crippen LogP contribution in [0.15, 0.2) is 12.1 Å². The third kappa shape index (κ3) is 3.12. The number of benzene rings is 1. The Morgan fingerprint density at radius 2 is 1.94 bits per heavy atom. The summed E-state index contributed by atoms with van der Waals surface area (Å²) in [7, 11) is 0. The van der Waals surface area contributed by atoms with Crippen LogP contribution in [0, 0.1) is 18.6 Å². The molecule has 0 saturated carbocycles. The van der Waals surface area contributed by atoms with Crippen LogP contribution in [0.2, 0.25) is 0 Å². The molecule has 0 aliphatic carbocycles. The Balaban J connectivity index is 2.74. The maximum absolute atomic E-state index is 13.5. The first-order chi connectivity index (χ1) is 7.56. The lowest BCUT2D eigenvalue weighted by Gasteiger charge is -2.06. The van der Waals surface area contributed by atoms with Gasteiger partial charge in [0.05, 0.1) is 0 Å². The number of aryl methyl sites for hydroxylation is 1. The molecular formula is C13H16F2O. The summed E-state index contributed by atoms with van der Waals surface area (Å²) in [6.45, 7) is 3.50. The van der Waals surface area contributed by atoms with Crippen molar-refractivity contribution < 1.29 is 13.6 Å². The van der Waals surface area contributed by atoms with Gasteiger partial charge in [-0.2, -0.15) is 0 Å². The highest BCUT2D eigenvalue weighted by atomic mass is 19.1. The average Bonchev–Trinajstić information content (AvgIpc) is 2.24. The fourth-order valence-corrected chi connectivity index (χ4v) is 1.61. The Morgan fingerprint density at radius 1 is 1.25 bits per heavy atom. The lowest BCUT2D eigenvalue weighted by Crippen LogP contribution is -2.04. The van der Waals surface area contributed by atoms with E-state index in [4.69, 9.17) is 0 Å². The van der Waals surface area contributed by atoms with E-state index in [1.54, 1.807) is 6.92 Å². The van der Waals surface area contributed by atoms with E-state index in [0.717, 1.165) is 6.42 Å². The van der Waals surface area contributed by atoms with Crippen molar-refractivity contribution in [3.63, 3.8) is 0 Å². The summed E-state index contributed by atoms with van der Waals surface area (Å²) in [6, 6.07) is 2.65. The molecule has 16 heavy (non-hydrogen) atoms. The summed E-state index contributed by atoms with van der Waals surface area (Å²) < 4.78 is 26.9. The maximum atomic E-state index is 13.5. The molecule has 1 rings (SSSR count). The molecule has 0 amide bonds. The Kier molecular flexibility index (Phi) is 4.59. The summed E-state index contributed by atoms with van der Waals surface area (Å²) in [5, 5.41) is 0. The van der Waals surface area contributed by atoms with E-state index < -0.39 is 11.6 Å². The molecule has 1 nitrogen and oxygen atoms in total. The van der Waals surface area contributed by atoms with Gasteiger partial charge in [-0.1, -0.05) is 13.0 Å². The van der Waals surface area contributed by atoms with Gasteiger partial charge >= 0.3 is 0 Å². The minimum atomic E-state index is -0.563. The zero-order valence-electron chi connectivity index (χ0n) is 9.65. The SMILES string of the molecule is CCCC(=O)CCc1c(F)ccc(C)c1F. The summed E-state index contributed by atoms with van der Waals surface area (Å²) in [4.78, 5) is 11.3. The largest absolute Gasteiger partial charge is 0.300 e. The van der Waals surface area contributed by atoms with E-state index >= 15 is 0 Å². The highest BCUT2D eigenvalue weighted by molar-refractivity contribution is 5.78. The maximum Gasteiger partial charge on any atom is 0.133 e. The second kappa shape index (κ2) is 5.73. The Hall–Kier alpha value is -1.25. The normalized spacial score (nSPS) is 10.5. The van der Waals surface area contributed by atoms with Crippen molar-refractivity contribution in [2.75, 3.05) is 0 Å². The van der Waals surface area contributed by atoms with Gasteiger partial charge in [0.25, 0.3) is 0 Å². The molecule has 0 heterocycles. The third-order valence-electron chi connectivity index (χ3n) is 2.56. The van der Waals surface area contributed by atoms with Crippen LogP contribution < -0.4 is 0 Å². The molecular weight excluding hydrogens is 210 g/mol. The number of halogens is 2. The van der Waals surface area contributed by atoms with Crippen LogP contribution in [0.25, 0.3) is 0 Å². The molecule has 0 N–H and O–H groups in total. The van der Waals surface area contributed by atoms with Crippen molar-refractivity contribution in [3.8, 4) is 0 Å². The first kappa shape index (κ1) is 12.8. The number of hydrogen-bond acceptors (Lipinski definition) is 1. The van der Waals surface area contributed by atoms with Gasteiger partial charge in [0.2, 0.25) is 0 Å². The Morgan fingerprint density at radius 3 is 2.56 bits per heavy atom. The summed E-state index contributed by atoms with van der Waals surface area (Å²) >= 11 is 0.